The molecule has 1 heterocycles. The second-order valence-corrected chi connectivity index (χ2v) is 5.57. The number of likely N-dealkylation sites (tertiary alicyclic amines) is 1. The zero-order valence-corrected chi connectivity index (χ0v) is 12.5. The first-order valence-electron chi connectivity index (χ1n) is 7.35. The minimum Gasteiger partial charge on any atom is -0.481 e. The lowest BCUT2D eigenvalue weighted by atomic mass is 10.1. The number of amides is 2. The summed E-state index contributed by atoms with van der Waals surface area (Å²) >= 11 is 0. The first-order chi connectivity index (χ1) is 10.5. The SMILES string of the molecule is C[C@@H](CNC(=O)c1cccc(CN2CCCC2=O)c1)C(=O)O. The molecule has 0 spiro atoms. The zero-order chi connectivity index (χ0) is 16.1. The molecule has 1 fully saturated rings. The molecule has 0 aromatic heterocycles. The normalized spacial score (nSPS) is 15.7. The van der Waals surface area contributed by atoms with E-state index in [0.29, 0.717) is 18.5 Å². The first-order valence-corrected chi connectivity index (χ1v) is 7.35. The van der Waals surface area contributed by atoms with Crippen molar-refractivity contribution in [3.8, 4) is 0 Å². The number of aliphatic carboxylic acids is 1. The van der Waals surface area contributed by atoms with Crippen molar-refractivity contribution >= 4 is 17.8 Å². The van der Waals surface area contributed by atoms with Crippen LogP contribution in [0, 0.1) is 5.92 Å². The summed E-state index contributed by atoms with van der Waals surface area (Å²) in [5.41, 5.74) is 1.37. The van der Waals surface area contributed by atoms with Crippen LogP contribution in [0.25, 0.3) is 0 Å². The Morgan fingerprint density at radius 3 is 2.82 bits per heavy atom. The van der Waals surface area contributed by atoms with Gasteiger partial charge in [0.2, 0.25) is 5.91 Å². The third kappa shape index (κ3) is 4.07. The van der Waals surface area contributed by atoms with Crippen LogP contribution < -0.4 is 5.32 Å². The van der Waals surface area contributed by atoms with E-state index in [1.807, 2.05) is 6.07 Å². The van der Waals surface area contributed by atoms with Crippen molar-refractivity contribution in [3.63, 3.8) is 0 Å². The average molecular weight is 304 g/mol. The summed E-state index contributed by atoms with van der Waals surface area (Å²) in [5.74, 6) is -1.73. The van der Waals surface area contributed by atoms with E-state index < -0.39 is 11.9 Å². The second-order valence-electron chi connectivity index (χ2n) is 5.57. The number of carboxylic acids is 1. The van der Waals surface area contributed by atoms with E-state index in [1.165, 1.54) is 6.92 Å². The Morgan fingerprint density at radius 1 is 1.41 bits per heavy atom. The van der Waals surface area contributed by atoms with Gasteiger partial charge in [0, 0.05) is 31.6 Å². The largest absolute Gasteiger partial charge is 0.481 e. The predicted molar refractivity (Wildman–Crippen MR) is 80.2 cm³/mol. The molecule has 0 unspecified atom stereocenters. The van der Waals surface area contributed by atoms with Crippen LogP contribution in [0.5, 0.6) is 0 Å². The molecule has 1 aliphatic rings. The van der Waals surface area contributed by atoms with Gasteiger partial charge >= 0.3 is 5.97 Å². The number of carbonyl (C=O) groups excluding carboxylic acids is 2. The lowest BCUT2D eigenvalue weighted by molar-refractivity contribution is -0.140. The van der Waals surface area contributed by atoms with E-state index in [-0.39, 0.29) is 18.4 Å². The van der Waals surface area contributed by atoms with Gasteiger partial charge in [-0.3, -0.25) is 14.4 Å². The minimum absolute atomic E-state index is 0.0863. The summed E-state index contributed by atoms with van der Waals surface area (Å²) in [6, 6.07) is 7.07. The fourth-order valence-electron chi connectivity index (χ4n) is 2.34. The van der Waals surface area contributed by atoms with Gasteiger partial charge in [-0.2, -0.15) is 0 Å². The Morgan fingerprint density at radius 2 is 2.18 bits per heavy atom. The number of carboxylic acid groups (broad SMARTS) is 1. The van der Waals surface area contributed by atoms with Gasteiger partial charge in [-0.15, -0.1) is 0 Å². The molecule has 0 radical (unpaired) electrons. The summed E-state index contributed by atoms with van der Waals surface area (Å²) in [5, 5.41) is 11.4. The maximum atomic E-state index is 12.0. The highest BCUT2D eigenvalue weighted by molar-refractivity contribution is 5.94. The lowest BCUT2D eigenvalue weighted by Crippen LogP contribution is -2.31. The molecule has 1 atom stereocenters. The third-order valence-corrected chi connectivity index (χ3v) is 3.72. The summed E-state index contributed by atoms with van der Waals surface area (Å²) < 4.78 is 0. The zero-order valence-electron chi connectivity index (χ0n) is 12.5. The molecule has 6 nitrogen and oxygen atoms in total. The van der Waals surface area contributed by atoms with Gasteiger partial charge in [0.1, 0.15) is 0 Å². The standard InChI is InChI=1S/C16H20N2O4/c1-11(16(21)22)9-17-15(20)13-5-2-4-12(8-13)10-18-7-3-6-14(18)19/h2,4-5,8,11H,3,6-7,9-10H2,1H3,(H,17,20)(H,21,22)/t11-/m0/s1. The lowest BCUT2D eigenvalue weighted by Gasteiger charge is -2.16. The van der Waals surface area contributed by atoms with Crippen molar-refractivity contribution < 1.29 is 19.5 Å². The van der Waals surface area contributed by atoms with Crippen molar-refractivity contribution in [2.75, 3.05) is 13.1 Å². The smallest absolute Gasteiger partial charge is 0.308 e. The number of rotatable bonds is 6. The quantitative estimate of drug-likeness (QED) is 0.828. The van der Waals surface area contributed by atoms with Crippen molar-refractivity contribution in [1.29, 1.82) is 0 Å². The van der Waals surface area contributed by atoms with Gasteiger partial charge in [0.05, 0.1) is 5.92 Å². The topological polar surface area (TPSA) is 86.7 Å². The van der Waals surface area contributed by atoms with Crippen molar-refractivity contribution in [2.24, 2.45) is 5.92 Å². The molecule has 1 saturated heterocycles. The first kappa shape index (κ1) is 16.0. The summed E-state index contributed by atoms with van der Waals surface area (Å²) in [6.45, 7) is 2.89. The van der Waals surface area contributed by atoms with Crippen molar-refractivity contribution in [1.82, 2.24) is 10.2 Å². The predicted octanol–water partition coefficient (Wildman–Crippen LogP) is 1.26. The third-order valence-electron chi connectivity index (χ3n) is 3.72. The fourth-order valence-corrected chi connectivity index (χ4v) is 2.34. The van der Waals surface area contributed by atoms with Crippen LogP contribution in [0.15, 0.2) is 24.3 Å². The molecule has 2 rings (SSSR count). The van der Waals surface area contributed by atoms with Crippen LogP contribution in [0.1, 0.15) is 35.7 Å². The summed E-state index contributed by atoms with van der Waals surface area (Å²) in [7, 11) is 0. The van der Waals surface area contributed by atoms with Gasteiger partial charge < -0.3 is 15.3 Å². The molecule has 6 heteroatoms. The van der Waals surface area contributed by atoms with Gasteiger partial charge in [-0.05, 0) is 24.1 Å². The maximum Gasteiger partial charge on any atom is 0.308 e. The van der Waals surface area contributed by atoms with Gasteiger partial charge in [-0.25, -0.2) is 0 Å². The molecule has 22 heavy (non-hydrogen) atoms. The molecule has 1 aliphatic heterocycles. The van der Waals surface area contributed by atoms with Gasteiger partial charge in [0.15, 0.2) is 0 Å². The van der Waals surface area contributed by atoms with Crippen LogP contribution in [0.3, 0.4) is 0 Å². The average Bonchev–Trinajstić information content (AvgIpc) is 2.89. The van der Waals surface area contributed by atoms with Crippen LogP contribution in [0.2, 0.25) is 0 Å². The molecule has 0 saturated carbocycles. The molecule has 2 N–H and O–H groups in total. The van der Waals surface area contributed by atoms with E-state index in [0.717, 1.165) is 18.5 Å². The van der Waals surface area contributed by atoms with E-state index >= 15 is 0 Å². The summed E-state index contributed by atoms with van der Waals surface area (Å²) in [4.78, 5) is 36.2. The highest BCUT2D eigenvalue weighted by atomic mass is 16.4. The number of hydrogen-bond donors (Lipinski definition) is 2. The van der Waals surface area contributed by atoms with E-state index in [9.17, 15) is 14.4 Å². The van der Waals surface area contributed by atoms with E-state index in [1.54, 1.807) is 23.1 Å². The highest BCUT2D eigenvalue weighted by Gasteiger charge is 2.20. The molecule has 1 aromatic carbocycles. The number of benzene rings is 1. The molecule has 118 valence electrons. The minimum atomic E-state index is -0.943. The van der Waals surface area contributed by atoms with Crippen molar-refractivity contribution in [3.05, 3.63) is 35.4 Å². The van der Waals surface area contributed by atoms with Crippen LogP contribution in [-0.4, -0.2) is 40.9 Å². The molecule has 2 amide bonds. The maximum absolute atomic E-state index is 12.0. The molecular weight excluding hydrogens is 284 g/mol. The van der Waals surface area contributed by atoms with Crippen LogP contribution in [0.4, 0.5) is 0 Å². The molecule has 0 aliphatic carbocycles. The second kappa shape index (κ2) is 7.06. The number of nitrogens with one attached hydrogen (secondary N) is 1. The number of nitrogens with zero attached hydrogens (tertiary/aromatic N) is 1. The van der Waals surface area contributed by atoms with Gasteiger partial charge in [0.25, 0.3) is 5.91 Å². The number of carbonyl (C=O) groups is 3. The van der Waals surface area contributed by atoms with E-state index in [4.69, 9.17) is 5.11 Å². The van der Waals surface area contributed by atoms with Crippen LogP contribution in [-0.2, 0) is 16.1 Å². The van der Waals surface area contributed by atoms with Crippen molar-refractivity contribution in [2.45, 2.75) is 26.3 Å². The molecule has 0 bridgehead atoms. The molecular formula is C16H20N2O4. The Kier molecular flexibility index (Phi) is 5.14. The summed E-state index contributed by atoms with van der Waals surface area (Å²) in [6.07, 6.45) is 1.47. The number of hydrogen-bond acceptors (Lipinski definition) is 3. The molecule has 1 aromatic rings. The Hall–Kier alpha value is -2.37. The fraction of sp³-hybridized carbons (Fsp3) is 0.438. The van der Waals surface area contributed by atoms with E-state index in [2.05, 4.69) is 5.32 Å². The Balaban J connectivity index is 1.97. The Labute approximate surface area is 129 Å². The van der Waals surface area contributed by atoms with Gasteiger partial charge in [-0.1, -0.05) is 19.1 Å². The Bertz CT molecular complexity index is 585. The highest BCUT2D eigenvalue weighted by Crippen LogP contribution is 2.15. The monoisotopic (exact) mass is 304 g/mol. The van der Waals surface area contributed by atoms with Crippen LogP contribution >= 0.6 is 0 Å².